The van der Waals surface area contributed by atoms with Crippen LogP contribution in [0.2, 0.25) is 0 Å². The maximum Gasteiger partial charge on any atom is 0.0466 e. The molecule has 0 fully saturated rings. The summed E-state index contributed by atoms with van der Waals surface area (Å²) < 4.78 is 0. The highest BCUT2D eigenvalue weighted by molar-refractivity contribution is 5.25. The molecule has 0 amide bonds. The molecule has 2 atom stereocenters. The molecule has 2 heteroatoms. The van der Waals surface area contributed by atoms with Gasteiger partial charge >= 0.3 is 0 Å². The minimum absolute atomic E-state index is 0.633. The molecular formula is C15H24N2. The lowest BCUT2D eigenvalue weighted by Crippen LogP contribution is -2.26. The third-order valence-electron chi connectivity index (χ3n) is 3.81. The van der Waals surface area contributed by atoms with E-state index in [1.54, 1.807) is 0 Å². The second-order valence-electron chi connectivity index (χ2n) is 5.17. The summed E-state index contributed by atoms with van der Waals surface area (Å²) in [7, 11) is 0. The number of aryl methyl sites for hydroxylation is 1. The first kappa shape index (κ1) is 12.6. The van der Waals surface area contributed by atoms with Crippen LogP contribution in [-0.2, 0) is 6.42 Å². The standard InChI is InChI=1S/C15H24N2/c1-3-16-12(2)9-10-14-7-4-6-13-8-5-11-17-15(13)14/h5,8,11-12,14,16H,3-4,6-7,9-10H2,1-2H3. The zero-order valence-corrected chi connectivity index (χ0v) is 11.1. The summed E-state index contributed by atoms with van der Waals surface area (Å²) >= 11 is 0. The number of nitrogens with one attached hydrogen (secondary N) is 1. The summed E-state index contributed by atoms with van der Waals surface area (Å²) in [6.07, 6.45) is 8.36. The molecule has 2 nitrogen and oxygen atoms in total. The Morgan fingerprint density at radius 2 is 2.41 bits per heavy atom. The Morgan fingerprint density at radius 1 is 1.53 bits per heavy atom. The fourth-order valence-corrected chi connectivity index (χ4v) is 2.89. The van der Waals surface area contributed by atoms with Crippen LogP contribution in [0.15, 0.2) is 18.3 Å². The van der Waals surface area contributed by atoms with Gasteiger partial charge < -0.3 is 5.32 Å². The van der Waals surface area contributed by atoms with E-state index in [0.717, 1.165) is 6.54 Å². The number of pyridine rings is 1. The smallest absolute Gasteiger partial charge is 0.0466 e. The zero-order chi connectivity index (χ0) is 12.1. The van der Waals surface area contributed by atoms with E-state index in [9.17, 15) is 0 Å². The van der Waals surface area contributed by atoms with Crippen LogP contribution in [0.25, 0.3) is 0 Å². The van der Waals surface area contributed by atoms with Crippen LogP contribution in [0.4, 0.5) is 0 Å². The van der Waals surface area contributed by atoms with Gasteiger partial charge in [0.05, 0.1) is 0 Å². The van der Waals surface area contributed by atoms with Crippen LogP contribution in [-0.4, -0.2) is 17.6 Å². The van der Waals surface area contributed by atoms with E-state index in [1.807, 2.05) is 6.20 Å². The summed E-state index contributed by atoms with van der Waals surface area (Å²) in [5.41, 5.74) is 2.86. The average molecular weight is 232 g/mol. The summed E-state index contributed by atoms with van der Waals surface area (Å²) in [6, 6.07) is 4.96. The molecule has 17 heavy (non-hydrogen) atoms. The van der Waals surface area contributed by atoms with E-state index in [0.29, 0.717) is 12.0 Å². The zero-order valence-electron chi connectivity index (χ0n) is 11.1. The fourth-order valence-electron chi connectivity index (χ4n) is 2.89. The van der Waals surface area contributed by atoms with Gasteiger partial charge in [0, 0.05) is 23.9 Å². The lowest BCUT2D eigenvalue weighted by atomic mass is 9.83. The average Bonchev–Trinajstić information content (AvgIpc) is 2.36. The van der Waals surface area contributed by atoms with Crippen molar-refractivity contribution in [1.29, 1.82) is 0 Å². The van der Waals surface area contributed by atoms with Crippen molar-refractivity contribution in [2.75, 3.05) is 6.54 Å². The lowest BCUT2D eigenvalue weighted by Gasteiger charge is -2.25. The number of rotatable bonds is 5. The number of hydrogen-bond donors (Lipinski definition) is 1. The summed E-state index contributed by atoms with van der Waals surface area (Å²) in [5.74, 6) is 0.695. The molecule has 0 bridgehead atoms. The monoisotopic (exact) mass is 232 g/mol. The Balaban J connectivity index is 1.94. The third-order valence-corrected chi connectivity index (χ3v) is 3.81. The van der Waals surface area contributed by atoms with Gasteiger partial charge in [-0.05, 0) is 57.2 Å². The molecule has 0 saturated heterocycles. The van der Waals surface area contributed by atoms with E-state index in [-0.39, 0.29) is 0 Å². The van der Waals surface area contributed by atoms with E-state index < -0.39 is 0 Å². The molecule has 0 aromatic carbocycles. The molecule has 1 aliphatic rings. The van der Waals surface area contributed by atoms with E-state index in [4.69, 9.17) is 0 Å². The summed E-state index contributed by atoms with van der Waals surface area (Å²) in [4.78, 5) is 4.60. The van der Waals surface area contributed by atoms with E-state index in [1.165, 1.54) is 43.4 Å². The predicted octanol–water partition coefficient (Wildman–Crippen LogP) is 3.28. The lowest BCUT2D eigenvalue weighted by molar-refractivity contribution is 0.439. The van der Waals surface area contributed by atoms with Crippen LogP contribution < -0.4 is 5.32 Å². The Hall–Kier alpha value is -0.890. The van der Waals surface area contributed by atoms with Crippen LogP contribution in [0.1, 0.15) is 56.7 Å². The minimum atomic E-state index is 0.633. The molecule has 94 valence electrons. The number of fused-ring (bicyclic) bond motifs is 1. The largest absolute Gasteiger partial charge is 0.315 e. The number of nitrogens with zero attached hydrogens (tertiary/aromatic N) is 1. The summed E-state index contributed by atoms with van der Waals surface area (Å²) in [5, 5.41) is 3.49. The molecule has 2 unspecified atom stereocenters. The van der Waals surface area contributed by atoms with Crippen LogP contribution in [0.3, 0.4) is 0 Å². The molecule has 0 aliphatic heterocycles. The summed E-state index contributed by atoms with van der Waals surface area (Å²) in [6.45, 7) is 5.53. The minimum Gasteiger partial charge on any atom is -0.315 e. The second kappa shape index (κ2) is 6.15. The highest BCUT2D eigenvalue weighted by atomic mass is 14.9. The Morgan fingerprint density at radius 3 is 3.24 bits per heavy atom. The van der Waals surface area contributed by atoms with Gasteiger partial charge in [0.1, 0.15) is 0 Å². The SMILES string of the molecule is CCNC(C)CCC1CCCc2cccnc21. The molecule has 1 N–H and O–H groups in total. The second-order valence-corrected chi connectivity index (χ2v) is 5.17. The molecule has 2 rings (SSSR count). The molecule has 1 aromatic rings. The van der Waals surface area contributed by atoms with Crippen LogP contribution in [0.5, 0.6) is 0 Å². The molecule has 0 saturated carbocycles. The maximum atomic E-state index is 4.60. The highest BCUT2D eigenvalue weighted by Gasteiger charge is 2.21. The normalized spacial score (nSPS) is 20.9. The van der Waals surface area contributed by atoms with E-state index in [2.05, 4.69) is 36.3 Å². The van der Waals surface area contributed by atoms with Gasteiger partial charge in [-0.15, -0.1) is 0 Å². The molecule has 0 spiro atoms. The maximum absolute atomic E-state index is 4.60. The third kappa shape index (κ3) is 3.29. The molecule has 1 aromatic heterocycles. The van der Waals surface area contributed by atoms with Crippen molar-refractivity contribution in [3.8, 4) is 0 Å². The van der Waals surface area contributed by atoms with Gasteiger partial charge in [0.25, 0.3) is 0 Å². The van der Waals surface area contributed by atoms with Crippen molar-refractivity contribution >= 4 is 0 Å². The topological polar surface area (TPSA) is 24.9 Å². The van der Waals surface area contributed by atoms with Crippen molar-refractivity contribution in [2.24, 2.45) is 0 Å². The number of aromatic nitrogens is 1. The number of hydrogen-bond acceptors (Lipinski definition) is 2. The van der Waals surface area contributed by atoms with Crippen molar-refractivity contribution in [3.05, 3.63) is 29.6 Å². The highest BCUT2D eigenvalue weighted by Crippen LogP contribution is 2.33. The Kier molecular flexibility index (Phi) is 4.55. The predicted molar refractivity (Wildman–Crippen MR) is 72.3 cm³/mol. The van der Waals surface area contributed by atoms with Gasteiger partial charge in [-0.1, -0.05) is 13.0 Å². The van der Waals surface area contributed by atoms with Crippen molar-refractivity contribution < 1.29 is 0 Å². The van der Waals surface area contributed by atoms with Crippen LogP contribution >= 0.6 is 0 Å². The van der Waals surface area contributed by atoms with Gasteiger partial charge in [-0.2, -0.15) is 0 Å². The fraction of sp³-hybridized carbons (Fsp3) is 0.667. The molecular weight excluding hydrogens is 208 g/mol. The molecule has 1 aliphatic carbocycles. The molecule has 0 radical (unpaired) electrons. The van der Waals surface area contributed by atoms with Gasteiger partial charge in [-0.3, -0.25) is 4.98 Å². The van der Waals surface area contributed by atoms with Crippen LogP contribution in [0, 0.1) is 0 Å². The van der Waals surface area contributed by atoms with Crippen molar-refractivity contribution in [1.82, 2.24) is 10.3 Å². The van der Waals surface area contributed by atoms with Gasteiger partial charge in [0.15, 0.2) is 0 Å². The first-order chi connectivity index (χ1) is 8.31. The first-order valence-corrected chi connectivity index (χ1v) is 6.98. The van der Waals surface area contributed by atoms with Gasteiger partial charge in [-0.25, -0.2) is 0 Å². The first-order valence-electron chi connectivity index (χ1n) is 6.98. The van der Waals surface area contributed by atoms with Gasteiger partial charge in [0.2, 0.25) is 0 Å². The Labute approximate surface area is 105 Å². The quantitative estimate of drug-likeness (QED) is 0.842. The Bertz CT molecular complexity index is 349. The van der Waals surface area contributed by atoms with Crippen molar-refractivity contribution in [2.45, 2.75) is 57.9 Å². The molecule has 1 heterocycles. The van der Waals surface area contributed by atoms with Crippen molar-refractivity contribution in [3.63, 3.8) is 0 Å². The van der Waals surface area contributed by atoms with E-state index >= 15 is 0 Å².